The first kappa shape index (κ1) is 12.0. The second kappa shape index (κ2) is 4.58. The van der Waals surface area contributed by atoms with E-state index >= 15 is 0 Å². The molecule has 7 nitrogen and oxygen atoms in total. The van der Waals surface area contributed by atoms with E-state index in [0.29, 0.717) is 29.7 Å². The molecule has 1 saturated carbocycles. The summed E-state index contributed by atoms with van der Waals surface area (Å²) in [6, 6.07) is 3.44. The van der Waals surface area contributed by atoms with Crippen LogP contribution in [0.2, 0.25) is 0 Å². The van der Waals surface area contributed by atoms with Crippen molar-refractivity contribution in [3.8, 4) is 17.4 Å². The first-order valence-corrected chi connectivity index (χ1v) is 6.18. The summed E-state index contributed by atoms with van der Waals surface area (Å²) in [7, 11) is 1.54. The van der Waals surface area contributed by atoms with Gasteiger partial charge in [-0.05, 0) is 25.3 Å². The minimum atomic E-state index is -0.171. The van der Waals surface area contributed by atoms with Gasteiger partial charge in [0.2, 0.25) is 17.6 Å². The molecule has 1 fully saturated rings. The highest BCUT2D eigenvalue weighted by molar-refractivity contribution is 5.47. The Balaban J connectivity index is 1.76. The van der Waals surface area contributed by atoms with Crippen molar-refractivity contribution >= 4 is 0 Å². The molecule has 7 heteroatoms. The molecule has 0 atom stereocenters. The largest absolute Gasteiger partial charge is 0.480 e. The van der Waals surface area contributed by atoms with Crippen LogP contribution in [-0.4, -0.2) is 33.0 Å². The minimum Gasteiger partial charge on any atom is -0.480 e. The number of ether oxygens (including phenoxy) is 1. The Bertz CT molecular complexity index is 562. The van der Waals surface area contributed by atoms with E-state index in [-0.39, 0.29) is 5.54 Å². The monoisotopic (exact) mass is 261 g/mol. The number of nitrogens with two attached hydrogens (primary N) is 1. The lowest BCUT2D eigenvalue weighted by molar-refractivity contribution is 0.222. The van der Waals surface area contributed by atoms with Crippen LogP contribution in [0.1, 0.15) is 25.2 Å². The summed E-state index contributed by atoms with van der Waals surface area (Å²) in [5.74, 6) is 1.42. The molecule has 1 aliphatic rings. The van der Waals surface area contributed by atoms with Crippen LogP contribution in [0.3, 0.4) is 0 Å². The lowest BCUT2D eigenvalue weighted by atomic mass is 9.75. The predicted octanol–water partition coefficient (Wildman–Crippen LogP) is 0.959. The van der Waals surface area contributed by atoms with Gasteiger partial charge < -0.3 is 15.0 Å². The number of nitrogens with zero attached hydrogens (tertiary/aromatic N) is 4. The zero-order valence-corrected chi connectivity index (χ0v) is 10.7. The molecule has 0 bridgehead atoms. The van der Waals surface area contributed by atoms with Crippen molar-refractivity contribution in [2.45, 2.75) is 31.2 Å². The molecule has 0 radical (unpaired) electrons. The van der Waals surface area contributed by atoms with Crippen LogP contribution < -0.4 is 10.5 Å². The fourth-order valence-electron chi connectivity index (χ4n) is 2.09. The van der Waals surface area contributed by atoms with E-state index in [1.54, 1.807) is 12.1 Å². The molecule has 1 aliphatic carbocycles. The maximum absolute atomic E-state index is 6.15. The summed E-state index contributed by atoms with van der Waals surface area (Å²) in [5, 5.41) is 11.7. The van der Waals surface area contributed by atoms with E-state index in [4.69, 9.17) is 15.0 Å². The summed E-state index contributed by atoms with van der Waals surface area (Å²) in [4.78, 5) is 4.30. The van der Waals surface area contributed by atoms with Gasteiger partial charge >= 0.3 is 0 Å². The maximum atomic E-state index is 6.15. The van der Waals surface area contributed by atoms with Crippen molar-refractivity contribution in [1.29, 1.82) is 0 Å². The summed E-state index contributed by atoms with van der Waals surface area (Å²) in [5.41, 5.74) is 6.53. The van der Waals surface area contributed by atoms with Crippen LogP contribution in [-0.2, 0) is 6.42 Å². The Kier molecular flexibility index (Phi) is 2.90. The number of methoxy groups -OCH3 is 1. The van der Waals surface area contributed by atoms with Gasteiger partial charge in [0.1, 0.15) is 5.69 Å². The Labute approximate surface area is 110 Å². The second-order valence-corrected chi connectivity index (χ2v) is 4.87. The highest BCUT2D eigenvalue weighted by atomic mass is 16.5. The zero-order chi connectivity index (χ0) is 13.3. The van der Waals surface area contributed by atoms with E-state index in [9.17, 15) is 0 Å². The predicted molar refractivity (Wildman–Crippen MR) is 66.3 cm³/mol. The third kappa shape index (κ3) is 2.41. The number of aromatic nitrogens is 4. The summed E-state index contributed by atoms with van der Waals surface area (Å²) in [6.45, 7) is 0. The second-order valence-electron chi connectivity index (χ2n) is 4.87. The van der Waals surface area contributed by atoms with E-state index in [2.05, 4.69) is 20.3 Å². The Morgan fingerprint density at radius 1 is 1.37 bits per heavy atom. The first-order valence-electron chi connectivity index (χ1n) is 6.18. The Morgan fingerprint density at radius 3 is 2.79 bits per heavy atom. The van der Waals surface area contributed by atoms with Crippen molar-refractivity contribution < 1.29 is 9.26 Å². The molecule has 0 amide bonds. The first-order chi connectivity index (χ1) is 9.18. The number of rotatable bonds is 4. The van der Waals surface area contributed by atoms with Gasteiger partial charge in [-0.1, -0.05) is 5.16 Å². The lowest BCUT2D eigenvalue weighted by Gasteiger charge is -2.36. The van der Waals surface area contributed by atoms with E-state index in [1.165, 1.54) is 13.5 Å². The van der Waals surface area contributed by atoms with Crippen LogP contribution >= 0.6 is 0 Å². The van der Waals surface area contributed by atoms with Crippen molar-refractivity contribution in [1.82, 2.24) is 20.3 Å². The molecule has 0 unspecified atom stereocenters. The van der Waals surface area contributed by atoms with Crippen LogP contribution in [0.15, 0.2) is 16.7 Å². The average molecular weight is 261 g/mol. The maximum Gasteiger partial charge on any atom is 0.233 e. The van der Waals surface area contributed by atoms with E-state index in [0.717, 1.165) is 12.8 Å². The van der Waals surface area contributed by atoms with Crippen LogP contribution in [0, 0.1) is 0 Å². The molecule has 2 aromatic heterocycles. The van der Waals surface area contributed by atoms with Gasteiger partial charge in [0.25, 0.3) is 0 Å². The molecule has 100 valence electrons. The molecule has 0 saturated heterocycles. The van der Waals surface area contributed by atoms with Gasteiger partial charge in [-0.15, -0.1) is 10.2 Å². The average Bonchev–Trinajstić information content (AvgIpc) is 2.85. The summed E-state index contributed by atoms with van der Waals surface area (Å²) in [6.07, 6.45) is 3.80. The van der Waals surface area contributed by atoms with Crippen molar-refractivity contribution in [3.05, 3.63) is 18.0 Å². The topological polar surface area (TPSA) is 100.0 Å². The van der Waals surface area contributed by atoms with Crippen molar-refractivity contribution in [3.63, 3.8) is 0 Å². The van der Waals surface area contributed by atoms with Gasteiger partial charge in [0.05, 0.1) is 7.11 Å². The molecule has 2 N–H and O–H groups in total. The van der Waals surface area contributed by atoms with Crippen LogP contribution in [0.25, 0.3) is 11.5 Å². The van der Waals surface area contributed by atoms with E-state index in [1.807, 2.05) is 0 Å². The molecule has 19 heavy (non-hydrogen) atoms. The van der Waals surface area contributed by atoms with Gasteiger partial charge in [0.15, 0.2) is 0 Å². The highest BCUT2D eigenvalue weighted by Crippen LogP contribution is 2.32. The minimum absolute atomic E-state index is 0.171. The van der Waals surface area contributed by atoms with Gasteiger partial charge in [-0.2, -0.15) is 4.98 Å². The molecule has 2 heterocycles. The molecule has 0 aromatic carbocycles. The molecular weight excluding hydrogens is 246 g/mol. The van der Waals surface area contributed by atoms with E-state index < -0.39 is 0 Å². The summed E-state index contributed by atoms with van der Waals surface area (Å²) < 4.78 is 10.2. The Hall–Kier alpha value is -2.02. The van der Waals surface area contributed by atoms with Crippen molar-refractivity contribution in [2.75, 3.05) is 7.11 Å². The smallest absolute Gasteiger partial charge is 0.233 e. The third-order valence-corrected chi connectivity index (χ3v) is 3.40. The normalized spacial score (nSPS) is 16.9. The lowest BCUT2D eigenvalue weighted by Crippen LogP contribution is -2.48. The molecule has 0 aliphatic heterocycles. The molecule has 0 spiro atoms. The number of hydrogen-bond donors (Lipinski definition) is 1. The highest BCUT2D eigenvalue weighted by Gasteiger charge is 2.34. The van der Waals surface area contributed by atoms with Crippen LogP contribution in [0.5, 0.6) is 5.88 Å². The molecular formula is C12H15N5O2. The molecule has 2 aromatic rings. The Morgan fingerprint density at radius 2 is 2.21 bits per heavy atom. The number of hydrogen-bond acceptors (Lipinski definition) is 7. The SMILES string of the molecule is COc1ccc(-c2noc(CC3(N)CCC3)n2)nn1. The van der Waals surface area contributed by atoms with Gasteiger partial charge in [-0.3, -0.25) is 0 Å². The fourth-order valence-corrected chi connectivity index (χ4v) is 2.09. The standard InChI is InChI=1S/C12H15N5O2/c1-18-9-4-3-8(15-16-9)11-14-10(19-17-11)7-12(13)5-2-6-12/h3-4H,2,5-7,13H2,1H3. The van der Waals surface area contributed by atoms with Gasteiger partial charge in [-0.25, -0.2) is 0 Å². The zero-order valence-electron chi connectivity index (χ0n) is 10.7. The third-order valence-electron chi connectivity index (χ3n) is 3.40. The molecule has 3 rings (SSSR count). The quantitative estimate of drug-likeness (QED) is 0.874. The van der Waals surface area contributed by atoms with Gasteiger partial charge in [0, 0.05) is 18.0 Å². The summed E-state index contributed by atoms with van der Waals surface area (Å²) >= 11 is 0. The fraction of sp³-hybridized carbons (Fsp3) is 0.500. The van der Waals surface area contributed by atoms with Crippen LogP contribution in [0.4, 0.5) is 0 Å². The van der Waals surface area contributed by atoms with Crippen molar-refractivity contribution in [2.24, 2.45) is 5.73 Å².